The maximum Gasteiger partial charge on any atom is 0.267 e. The van der Waals surface area contributed by atoms with E-state index in [4.69, 9.17) is 0 Å². The molecule has 16 heavy (non-hydrogen) atoms. The third kappa shape index (κ3) is 1.89. The number of piperidine rings is 1. The molecule has 1 aliphatic heterocycles. The molecule has 0 aromatic carbocycles. The minimum atomic E-state index is 0.0105. The van der Waals surface area contributed by atoms with E-state index in [0.29, 0.717) is 11.8 Å². The van der Waals surface area contributed by atoms with E-state index < -0.39 is 0 Å². The first-order valence-electron chi connectivity index (χ1n) is 6.15. The Morgan fingerprint density at radius 3 is 2.56 bits per heavy atom. The topological polar surface area (TPSA) is 57.8 Å². The van der Waals surface area contributed by atoms with Crippen LogP contribution in [0.2, 0.25) is 0 Å². The Labute approximate surface area is 94.5 Å². The summed E-state index contributed by atoms with van der Waals surface area (Å²) in [5.74, 6) is 1.03. The van der Waals surface area contributed by atoms with Crippen molar-refractivity contribution in [3.8, 4) is 0 Å². The van der Waals surface area contributed by atoms with Gasteiger partial charge in [-0.3, -0.25) is 4.79 Å². The molecule has 3 rings (SSSR count). The number of H-pyrrole nitrogens is 1. The van der Waals surface area contributed by atoms with Crippen molar-refractivity contribution < 1.29 is 0 Å². The molecule has 2 fully saturated rings. The van der Waals surface area contributed by atoms with E-state index in [1.165, 1.54) is 12.8 Å². The lowest BCUT2D eigenvalue weighted by Crippen LogP contribution is -2.30. The van der Waals surface area contributed by atoms with Crippen LogP contribution in [0.5, 0.6) is 0 Å². The van der Waals surface area contributed by atoms with Crippen LogP contribution in [-0.4, -0.2) is 23.3 Å². The van der Waals surface area contributed by atoms with Gasteiger partial charge in [-0.2, -0.15) is 5.10 Å². The molecule has 1 saturated heterocycles. The van der Waals surface area contributed by atoms with Gasteiger partial charge in [0.15, 0.2) is 0 Å². The monoisotopic (exact) mass is 219 g/mol. The van der Waals surface area contributed by atoms with Crippen molar-refractivity contribution >= 4 is 0 Å². The normalized spacial score (nSPS) is 22.2. The molecular formula is C12H17N3O. The quantitative estimate of drug-likeness (QED) is 0.783. The predicted octanol–water partition coefficient (Wildman–Crippen LogP) is 1.11. The van der Waals surface area contributed by atoms with Crippen LogP contribution in [0, 0.1) is 0 Å². The maximum atomic E-state index is 11.8. The SMILES string of the molecule is O=c1[nH]nc(C2CC2)cc1C1CCNCC1. The summed E-state index contributed by atoms with van der Waals surface area (Å²) in [5.41, 5.74) is 2.06. The molecule has 2 aliphatic rings. The third-order valence-corrected chi connectivity index (χ3v) is 3.63. The molecule has 1 aliphatic carbocycles. The van der Waals surface area contributed by atoms with E-state index in [-0.39, 0.29) is 5.56 Å². The fraction of sp³-hybridized carbons (Fsp3) is 0.667. The lowest BCUT2D eigenvalue weighted by molar-refractivity contribution is 0.456. The van der Waals surface area contributed by atoms with Crippen molar-refractivity contribution in [1.82, 2.24) is 15.5 Å². The molecule has 0 bridgehead atoms. The van der Waals surface area contributed by atoms with Gasteiger partial charge in [0.2, 0.25) is 0 Å². The van der Waals surface area contributed by atoms with E-state index >= 15 is 0 Å². The van der Waals surface area contributed by atoms with Gasteiger partial charge in [0.1, 0.15) is 0 Å². The van der Waals surface area contributed by atoms with Gasteiger partial charge in [0.25, 0.3) is 5.56 Å². The fourth-order valence-corrected chi connectivity index (χ4v) is 2.46. The van der Waals surface area contributed by atoms with Crippen molar-refractivity contribution in [2.75, 3.05) is 13.1 Å². The van der Waals surface area contributed by atoms with Crippen molar-refractivity contribution in [2.24, 2.45) is 0 Å². The highest BCUT2D eigenvalue weighted by molar-refractivity contribution is 5.23. The predicted molar refractivity (Wildman–Crippen MR) is 61.7 cm³/mol. The van der Waals surface area contributed by atoms with Crippen molar-refractivity contribution in [2.45, 2.75) is 37.5 Å². The largest absolute Gasteiger partial charge is 0.317 e. The summed E-state index contributed by atoms with van der Waals surface area (Å²) in [5, 5.41) is 10.1. The Morgan fingerprint density at radius 1 is 1.12 bits per heavy atom. The Bertz CT molecular complexity index is 430. The maximum absolute atomic E-state index is 11.8. The van der Waals surface area contributed by atoms with Crippen LogP contribution in [0.15, 0.2) is 10.9 Å². The molecule has 4 heteroatoms. The van der Waals surface area contributed by atoms with Gasteiger partial charge in [0, 0.05) is 11.5 Å². The minimum Gasteiger partial charge on any atom is -0.317 e. The molecule has 0 unspecified atom stereocenters. The number of hydrogen-bond acceptors (Lipinski definition) is 3. The first-order valence-corrected chi connectivity index (χ1v) is 6.15. The molecule has 0 amide bonds. The lowest BCUT2D eigenvalue weighted by atomic mass is 9.91. The first-order chi connectivity index (χ1) is 7.84. The summed E-state index contributed by atoms with van der Waals surface area (Å²) in [7, 11) is 0. The van der Waals surface area contributed by atoms with Gasteiger partial charge in [-0.25, -0.2) is 5.10 Å². The van der Waals surface area contributed by atoms with Gasteiger partial charge < -0.3 is 5.32 Å². The van der Waals surface area contributed by atoms with Crippen molar-refractivity contribution in [3.63, 3.8) is 0 Å². The number of hydrogen-bond donors (Lipinski definition) is 2. The van der Waals surface area contributed by atoms with Crippen LogP contribution in [0.4, 0.5) is 0 Å². The summed E-state index contributed by atoms with van der Waals surface area (Å²) in [6.07, 6.45) is 4.59. The van der Waals surface area contributed by atoms with E-state index in [1.807, 2.05) is 6.07 Å². The zero-order valence-corrected chi connectivity index (χ0v) is 9.33. The summed E-state index contributed by atoms with van der Waals surface area (Å²) >= 11 is 0. The summed E-state index contributed by atoms with van der Waals surface area (Å²) in [6.45, 7) is 2.04. The molecule has 0 spiro atoms. The molecular weight excluding hydrogens is 202 g/mol. The van der Waals surface area contributed by atoms with Gasteiger partial charge in [-0.15, -0.1) is 0 Å². The van der Waals surface area contributed by atoms with Crippen LogP contribution in [0.1, 0.15) is 48.8 Å². The van der Waals surface area contributed by atoms with Gasteiger partial charge >= 0.3 is 0 Å². The molecule has 0 atom stereocenters. The zero-order chi connectivity index (χ0) is 11.0. The highest BCUT2D eigenvalue weighted by Gasteiger charge is 2.27. The lowest BCUT2D eigenvalue weighted by Gasteiger charge is -2.22. The minimum absolute atomic E-state index is 0.0105. The van der Waals surface area contributed by atoms with Crippen LogP contribution >= 0.6 is 0 Å². The molecule has 86 valence electrons. The summed E-state index contributed by atoms with van der Waals surface area (Å²) in [6, 6.07) is 2.05. The molecule has 1 aromatic rings. The average Bonchev–Trinajstić information content (AvgIpc) is 3.15. The highest BCUT2D eigenvalue weighted by Crippen LogP contribution is 2.39. The number of aromatic nitrogens is 2. The van der Waals surface area contributed by atoms with Gasteiger partial charge in [0.05, 0.1) is 5.69 Å². The smallest absolute Gasteiger partial charge is 0.267 e. The van der Waals surface area contributed by atoms with Gasteiger partial charge in [-0.1, -0.05) is 0 Å². The highest BCUT2D eigenvalue weighted by atomic mass is 16.1. The van der Waals surface area contributed by atoms with Gasteiger partial charge in [-0.05, 0) is 50.8 Å². The Hall–Kier alpha value is -1.16. The molecule has 4 nitrogen and oxygen atoms in total. The Kier molecular flexibility index (Phi) is 2.52. The fourth-order valence-electron chi connectivity index (χ4n) is 2.46. The second-order valence-corrected chi connectivity index (χ2v) is 4.88. The van der Waals surface area contributed by atoms with Crippen molar-refractivity contribution in [3.05, 3.63) is 27.7 Å². The number of nitrogens with one attached hydrogen (secondary N) is 2. The van der Waals surface area contributed by atoms with Crippen LogP contribution in [0.3, 0.4) is 0 Å². The Morgan fingerprint density at radius 2 is 1.88 bits per heavy atom. The Balaban J connectivity index is 1.91. The third-order valence-electron chi connectivity index (χ3n) is 3.63. The number of nitrogens with zero attached hydrogens (tertiary/aromatic N) is 1. The molecule has 0 radical (unpaired) electrons. The molecule has 1 aromatic heterocycles. The number of rotatable bonds is 2. The van der Waals surface area contributed by atoms with Crippen LogP contribution in [0.25, 0.3) is 0 Å². The van der Waals surface area contributed by atoms with E-state index in [0.717, 1.165) is 37.2 Å². The molecule has 2 heterocycles. The molecule has 1 saturated carbocycles. The van der Waals surface area contributed by atoms with Crippen molar-refractivity contribution in [1.29, 1.82) is 0 Å². The zero-order valence-electron chi connectivity index (χ0n) is 9.33. The van der Waals surface area contributed by atoms with E-state index in [2.05, 4.69) is 15.5 Å². The summed E-state index contributed by atoms with van der Waals surface area (Å²) < 4.78 is 0. The first kappa shape index (κ1) is 10.0. The summed E-state index contributed by atoms with van der Waals surface area (Å²) in [4.78, 5) is 11.8. The standard InChI is InChI=1S/C12H17N3O/c16-12-10(8-3-5-13-6-4-8)7-11(14-15-12)9-1-2-9/h7-9,13H,1-6H2,(H,15,16). The van der Waals surface area contributed by atoms with Crippen LogP contribution < -0.4 is 10.9 Å². The second-order valence-electron chi connectivity index (χ2n) is 4.88. The average molecular weight is 219 g/mol. The second kappa shape index (κ2) is 4.01. The number of aromatic amines is 1. The molecule has 2 N–H and O–H groups in total. The van der Waals surface area contributed by atoms with Crippen LogP contribution in [-0.2, 0) is 0 Å². The van der Waals surface area contributed by atoms with E-state index in [1.54, 1.807) is 0 Å². The van der Waals surface area contributed by atoms with E-state index in [9.17, 15) is 4.79 Å².